The summed E-state index contributed by atoms with van der Waals surface area (Å²) in [6.45, 7) is 9.13. The molecule has 0 amide bonds. The fourth-order valence-corrected chi connectivity index (χ4v) is 10.7. The van der Waals surface area contributed by atoms with Gasteiger partial charge in [0.15, 0.2) is 0 Å². The summed E-state index contributed by atoms with van der Waals surface area (Å²) in [5.41, 5.74) is 21.5. The van der Waals surface area contributed by atoms with E-state index in [1.165, 1.54) is 95.0 Å². The molecule has 2 aliphatic carbocycles. The number of fused-ring (bicyclic) bond motifs is 6. The molecule has 0 N–H and O–H groups in total. The number of benzene rings is 8. The first-order valence-electron chi connectivity index (χ1n) is 21.2. The predicted octanol–water partition coefficient (Wildman–Crippen LogP) is 15.4. The molecular weight excluding hydrogens is 711 g/mol. The first-order valence-corrected chi connectivity index (χ1v) is 21.2. The van der Waals surface area contributed by atoms with Gasteiger partial charge in [-0.2, -0.15) is 0 Å². The molecule has 0 aliphatic heterocycles. The van der Waals surface area contributed by atoms with Gasteiger partial charge in [0.1, 0.15) is 0 Å². The Hall–Kier alpha value is -6.70. The first kappa shape index (κ1) is 36.6. The minimum Gasteiger partial charge on any atom is -0.310 e. The topological polar surface area (TPSA) is 3.24 Å². The molecule has 8 aromatic carbocycles. The highest BCUT2D eigenvalue weighted by Crippen LogP contribution is 2.58. The van der Waals surface area contributed by atoms with E-state index in [-0.39, 0.29) is 5.41 Å². The van der Waals surface area contributed by atoms with Crippen molar-refractivity contribution < 1.29 is 0 Å². The van der Waals surface area contributed by atoms with E-state index in [9.17, 15) is 0 Å². The first-order chi connectivity index (χ1) is 29.0. The minimum atomic E-state index is -0.410. The number of aryl methyl sites for hydroxylation is 2. The molecule has 59 heavy (non-hydrogen) atoms. The Labute approximate surface area is 350 Å². The fraction of sp³-hybridized carbons (Fsp3) is 0.138. The van der Waals surface area contributed by atoms with Crippen molar-refractivity contribution in [1.82, 2.24) is 0 Å². The zero-order valence-electron chi connectivity index (χ0n) is 34.4. The fourth-order valence-electron chi connectivity index (χ4n) is 10.7. The summed E-state index contributed by atoms with van der Waals surface area (Å²) in [5, 5.41) is 0. The number of hydrogen-bond donors (Lipinski definition) is 0. The lowest BCUT2D eigenvalue weighted by molar-refractivity contribution is 0.490. The molecule has 1 nitrogen and oxygen atoms in total. The molecule has 10 rings (SSSR count). The molecule has 0 heterocycles. The third-order valence-corrected chi connectivity index (χ3v) is 13.4. The molecule has 2 aliphatic rings. The lowest BCUT2D eigenvalue weighted by Gasteiger charge is -2.33. The monoisotopic (exact) mass is 759 g/mol. The molecule has 0 aromatic heterocycles. The Kier molecular flexibility index (Phi) is 9.06. The molecule has 286 valence electrons. The van der Waals surface area contributed by atoms with E-state index in [0.29, 0.717) is 0 Å². The average Bonchev–Trinajstić information content (AvgIpc) is 3.75. The summed E-state index contributed by atoms with van der Waals surface area (Å²) in [5.74, 6) is 0. The van der Waals surface area contributed by atoms with Gasteiger partial charge >= 0.3 is 0 Å². The van der Waals surface area contributed by atoms with Crippen LogP contribution in [0.25, 0.3) is 34.4 Å². The summed E-state index contributed by atoms with van der Waals surface area (Å²) in [7, 11) is 0. The number of rotatable bonds is 9. The SMILES string of the molecule is CCC1(CC)c2cc(/C=C/c3cccc4c3-c3ccccc3C4(c3ccccc3)c3ccccc3)ccc2-c2ccc(N(c3ccccc3)c3ccc(C)cc3C)cc21. The van der Waals surface area contributed by atoms with Crippen molar-refractivity contribution >= 4 is 29.2 Å². The largest absolute Gasteiger partial charge is 0.310 e. The van der Waals surface area contributed by atoms with Crippen LogP contribution < -0.4 is 4.90 Å². The molecule has 0 saturated carbocycles. The van der Waals surface area contributed by atoms with E-state index >= 15 is 0 Å². The second-order valence-corrected chi connectivity index (χ2v) is 16.4. The normalized spacial score (nSPS) is 14.1. The van der Waals surface area contributed by atoms with Crippen LogP contribution in [-0.2, 0) is 10.8 Å². The molecular formula is C58H49N. The standard InChI is InChI=1S/C58H49N/c1-5-57(6-2)53-38-42(31-34-48(53)49-35-33-47(39-54(49)57)59(46-24-14-9-15-25-46)55-36-29-40(3)37-41(55)4)30-32-43-19-18-28-52-56(43)50-26-16-17-27-51(50)58(52,44-20-10-7-11-21-44)45-22-12-8-13-23-45/h7-39H,5-6H2,1-4H3/b32-30+. The Bertz CT molecular complexity index is 2820. The molecule has 0 unspecified atom stereocenters. The minimum absolute atomic E-state index is 0.0902. The third kappa shape index (κ3) is 5.67. The van der Waals surface area contributed by atoms with Gasteiger partial charge in [0, 0.05) is 22.5 Å². The number of hydrogen-bond acceptors (Lipinski definition) is 1. The molecule has 0 bridgehead atoms. The van der Waals surface area contributed by atoms with Gasteiger partial charge in [-0.1, -0.05) is 189 Å². The number of anilines is 3. The molecule has 8 aromatic rings. The second-order valence-electron chi connectivity index (χ2n) is 16.4. The predicted molar refractivity (Wildman–Crippen MR) is 250 cm³/mol. The van der Waals surface area contributed by atoms with E-state index in [4.69, 9.17) is 0 Å². The Morgan fingerprint density at radius 3 is 1.75 bits per heavy atom. The van der Waals surface area contributed by atoms with Gasteiger partial charge in [-0.25, -0.2) is 0 Å². The van der Waals surface area contributed by atoms with Gasteiger partial charge in [-0.05, 0) is 129 Å². The van der Waals surface area contributed by atoms with Crippen LogP contribution in [0.1, 0.15) is 82.3 Å². The van der Waals surface area contributed by atoms with Gasteiger partial charge in [0.2, 0.25) is 0 Å². The van der Waals surface area contributed by atoms with Crippen LogP contribution in [0.5, 0.6) is 0 Å². The van der Waals surface area contributed by atoms with Crippen molar-refractivity contribution in [2.45, 2.75) is 51.4 Å². The molecule has 1 heteroatoms. The van der Waals surface area contributed by atoms with Crippen LogP contribution >= 0.6 is 0 Å². The van der Waals surface area contributed by atoms with Gasteiger partial charge < -0.3 is 4.90 Å². The Morgan fingerprint density at radius 2 is 1.07 bits per heavy atom. The van der Waals surface area contributed by atoms with Crippen LogP contribution in [0.4, 0.5) is 17.1 Å². The quantitative estimate of drug-likeness (QED) is 0.133. The maximum Gasteiger partial charge on any atom is 0.0713 e. The van der Waals surface area contributed by atoms with Crippen LogP contribution in [0.3, 0.4) is 0 Å². The summed E-state index contributed by atoms with van der Waals surface area (Å²) >= 11 is 0. The van der Waals surface area contributed by atoms with E-state index in [1.54, 1.807) is 0 Å². The van der Waals surface area contributed by atoms with Crippen molar-refractivity contribution in [1.29, 1.82) is 0 Å². The second kappa shape index (κ2) is 14.6. The van der Waals surface area contributed by atoms with Crippen molar-refractivity contribution in [3.05, 3.63) is 244 Å². The number of nitrogens with zero attached hydrogens (tertiary/aromatic N) is 1. The van der Waals surface area contributed by atoms with Crippen molar-refractivity contribution in [3.8, 4) is 22.3 Å². The van der Waals surface area contributed by atoms with Crippen LogP contribution in [-0.4, -0.2) is 0 Å². The van der Waals surface area contributed by atoms with Gasteiger partial charge in [0.05, 0.1) is 5.41 Å². The zero-order chi connectivity index (χ0) is 40.1. The highest BCUT2D eigenvalue weighted by Gasteiger charge is 2.46. The van der Waals surface area contributed by atoms with Gasteiger partial charge in [-0.3, -0.25) is 0 Å². The maximum absolute atomic E-state index is 2.49. The van der Waals surface area contributed by atoms with Gasteiger partial charge in [0.25, 0.3) is 0 Å². The van der Waals surface area contributed by atoms with Crippen LogP contribution in [0.2, 0.25) is 0 Å². The van der Waals surface area contributed by atoms with Crippen LogP contribution in [0.15, 0.2) is 188 Å². The zero-order valence-corrected chi connectivity index (χ0v) is 34.4. The summed E-state index contributed by atoms with van der Waals surface area (Å²) in [6, 6.07) is 70.0. The molecule has 0 spiro atoms. The highest BCUT2D eigenvalue weighted by molar-refractivity contribution is 5.93. The van der Waals surface area contributed by atoms with E-state index in [2.05, 4.69) is 233 Å². The van der Waals surface area contributed by atoms with E-state index < -0.39 is 5.41 Å². The van der Waals surface area contributed by atoms with Crippen LogP contribution in [0, 0.1) is 13.8 Å². The number of para-hydroxylation sites is 1. The lowest BCUT2D eigenvalue weighted by Crippen LogP contribution is -2.28. The smallest absolute Gasteiger partial charge is 0.0713 e. The Morgan fingerprint density at radius 1 is 0.458 bits per heavy atom. The summed E-state index contributed by atoms with van der Waals surface area (Å²) in [4.78, 5) is 2.43. The summed E-state index contributed by atoms with van der Waals surface area (Å²) < 4.78 is 0. The molecule has 0 saturated heterocycles. The average molecular weight is 760 g/mol. The lowest BCUT2D eigenvalue weighted by atomic mass is 9.67. The van der Waals surface area contributed by atoms with Crippen molar-refractivity contribution in [2.75, 3.05) is 4.90 Å². The van der Waals surface area contributed by atoms with E-state index in [0.717, 1.165) is 12.8 Å². The Balaban J connectivity index is 1.07. The highest BCUT2D eigenvalue weighted by atomic mass is 15.1. The summed E-state index contributed by atoms with van der Waals surface area (Å²) in [6.07, 6.45) is 6.74. The van der Waals surface area contributed by atoms with Gasteiger partial charge in [-0.15, -0.1) is 0 Å². The third-order valence-electron chi connectivity index (χ3n) is 13.4. The molecule has 0 radical (unpaired) electrons. The van der Waals surface area contributed by atoms with E-state index in [1.807, 2.05) is 0 Å². The van der Waals surface area contributed by atoms with Crippen molar-refractivity contribution in [3.63, 3.8) is 0 Å². The maximum atomic E-state index is 2.49. The molecule has 0 atom stereocenters. The molecule has 0 fully saturated rings. The van der Waals surface area contributed by atoms with Crippen molar-refractivity contribution in [2.24, 2.45) is 0 Å².